The highest BCUT2D eigenvalue weighted by Crippen LogP contribution is 2.21. The van der Waals surface area contributed by atoms with Gasteiger partial charge in [0.2, 0.25) is 0 Å². The van der Waals surface area contributed by atoms with Crippen molar-refractivity contribution in [2.45, 2.75) is 25.1 Å². The molecule has 1 N–H and O–H groups in total. The molecule has 0 aliphatic rings. The normalized spacial score (nSPS) is 13.9. The molecule has 20 heavy (non-hydrogen) atoms. The van der Waals surface area contributed by atoms with Crippen molar-refractivity contribution in [2.24, 2.45) is 0 Å². The fourth-order valence-corrected chi connectivity index (χ4v) is 2.40. The summed E-state index contributed by atoms with van der Waals surface area (Å²) >= 11 is 1.90. The van der Waals surface area contributed by atoms with E-state index in [0.29, 0.717) is 11.3 Å². The minimum atomic E-state index is 0.398. The van der Waals surface area contributed by atoms with Crippen molar-refractivity contribution in [3.8, 4) is 11.1 Å². The van der Waals surface area contributed by atoms with E-state index in [1.807, 2.05) is 11.8 Å². The van der Waals surface area contributed by atoms with Crippen LogP contribution in [0.4, 0.5) is 0 Å². The van der Waals surface area contributed by atoms with E-state index in [0.717, 1.165) is 6.54 Å². The average Bonchev–Trinajstić information content (AvgIpc) is 2.53. The summed E-state index contributed by atoms with van der Waals surface area (Å²) < 4.78 is 0. The first-order valence-electron chi connectivity index (χ1n) is 7.12. The number of hydrogen-bond acceptors (Lipinski definition) is 2. The van der Waals surface area contributed by atoms with Gasteiger partial charge in [-0.2, -0.15) is 11.8 Å². The fourth-order valence-electron chi connectivity index (χ4n) is 2.14. The van der Waals surface area contributed by atoms with E-state index in [1.165, 1.54) is 16.7 Å². The van der Waals surface area contributed by atoms with Gasteiger partial charge in [0.05, 0.1) is 0 Å². The van der Waals surface area contributed by atoms with Crippen molar-refractivity contribution < 1.29 is 0 Å². The Kier molecular flexibility index (Phi) is 5.69. The van der Waals surface area contributed by atoms with Crippen molar-refractivity contribution in [2.75, 3.05) is 12.8 Å². The van der Waals surface area contributed by atoms with E-state index >= 15 is 0 Å². The number of hydrogen-bond donors (Lipinski definition) is 1. The number of rotatable bonds is 6. The zero-order valence-electron chi connectivity index (χ0n) is 12.5. The van der Waals surface area contributed by atoms with E-state index in [1.54, 1.807) is 0 Å². The van der Waals surface area contributed by atoms with Crippen LogP contribution in [0.15, 0.2) is 54.6 Å². The van der Waals surface area contributed by atoms with E-state index in [2.05, 4.69) is 80.0 Å². The van der Waals surface area contributed by atoms with Gasteiger partial charge in [-0.1, -0.05) is 61.5 Å². The van der Waals surface area contributed by atoms with Gasteiger partial charge in [-0.3, -0.25) is 0 Å². The van der Waals surface area contributed by atoms with Crippen LogP contribution in [0.5, 0.6) is 0 Å². The first kappa shape index (κ1) is 15.1. The molecule has 0 saturated carbocycles. The second kappa shape index (κ2) is 7.51. The van der Waals surface area contributed by atoms with Gasteiger partial charge >= 0.3 is 0 Å². The smallest absolute Gasteiger partial charge is 0.0292 e. The summed E-state index contributed by atoms with van der Waals surface area (Å²) in [6.45, 7) is 5.52. The van der Waals surface area contributed by atoms with Gasteiger partial charge in [0.25, 0.3) is 0 Å². The zero-order valence-corrected chi connectivity index (χ0v) is 13.3. The predicted molar refractivity (Wildman–Crippen MR) is 91.3 cm³/mol. The van der Waals surface area contributed by atoms with Crippen molar-refractivity contribution in [3.63, 3.8) is 0 Å². The molecule has 2 unspecified atom stereocenters. The Bertz CT molecular complexity index is 507. The maximum Gasteiger partial charge on any atom is 0.0292 e. The van der Waals surface area contributed by atoms with Crippen molar-refractivity contribution >= 4 is 11.8 Å². The molecule has 0 radical (unpaired) electrons. The molecule has 0 heterocycles. The van der Waals surface area contributed by atoms with Crippen LogP contribution in [0, 0.1) is 0 Å². The van der Waals surface area contributed by atoms with Crippen LogP contribution >= 0.6 is 11.8 Å². The number of thioether (sulfide) groups is 1. The molecule has 1 nitrogen and oxygen atoms in total. The van der Waals surface area contributed by atoms with Gasteiger partial charge in [-0.05, 0) is 29.9 Å². The van der Waals surface area contributed by atoms with E-state index in [-0.39, 0.29) is 0 Å². The Balaban J connectivity index is 2.01. The molecule has 2 aromatic carbocycles. The summed E-state index contributed by atoms with van der Waals surface area (Å²) in [4.78, 5) is 0. The van der Waals surface area contributed by atoms with Crippen LogP contribution in [-0.2, 0) is 0 Å². The van der Waals surface area contributed by atoms with Crippen molar-refractivity contribution in [3.05, 3.63) is 60.2 Å². The third-order valence-electron chi connectivity index (χ3n) is 3.63. The average molecular weight is 285 g/mol. The van der Waals surface area contributed by atoms with Crippen LogP contribution in [0.2, 0.25) is 0 Å². The van der Waals surface area contributed by atoms with E-state index in [9.17, 15) is 0 Å². The summed E-state index contributed by atoms with van der Waals surface area (Å²) in [7, 11) is 0. The van der Waals surface area contributed by atoms with Crippen LogP contribution < -0.4 is 5.32 Å². The monoisotopic (exact) mass is 285 g/mol. The van der Waals surface area contributed by atoms with E-state index in [4.69, 9.17) is 0 Å². The molecule has 2 heteroatoms. The lowest BCUT2D eigenvalue weighted by Crippen LogP contribution is -2.25. The summed E-state index contributed by atoms with van der Waals surface area (Å²) in [6.07, 6.45) is 2.16. The lowest BCUT2D eigenvalue weighted by Gasteiger charge is -2.17. The molecule has 2 rings (SSSR count). The maximum atomic E-state index is 3.59. The molecule has 106 valence electrons. The van der Waals surface area contributed by atoms with E-state index < -0.39 is 0 Å². The topological polar surface area (TPSA) is 12.0 Å². The highest BCUT2D eigenvalue weighted by molar-refractivity contribution is 7.99. The predicted octanol–water partition coefficient (Wildman–Crippen LogP) is 4.76. The van der Waals surface area contributed by atoms with Crippen LogP contribution in [0.1, 0.15) is 25.5 Å². The molecule has 0 aliphatic carbocycles. The van der Waals surface area contributed by atoms with Gasteiger partial charge in [-0.15, -0.1) is 0 Å². The molecule has 0 spiro atoms. The third-order valence-corrected chi connectivity index (χ3v) is 4.60. The quantitative estimate of drug-likeness (QED) is 0.821. The molecule has 2 aromatic rings. The first-order valence-corrected chi connectivity index (χ1v) is 8.41. The molecule has 2 atom stereocenters. The Hall–Kier alpha value is -1.25. The molecule has 0 amide bonds. The Morgan fingerprint density at radius 1 is 0.900 bits per heavy atom. The summed E-state index contributed by atoms with van der Waals surface area (Å²) in [6, 6.07) is 19.8. The Morgan fingerprint density at radius 2 is 1.50 bits per heavy atom. The summed E-state index contributed by atoms with van der Waals surface area (Å²) in [5.41, 5.74) is 3.90. The molecule has 0 fully saturated rings. The summed E-state index contributed by atoms with van der Waals surface area (Å²) in [5, 5.41) is 4.24. The van der Waals surface area contributed by atoms with Gasteiger partial charge in [-0.25, -0.2) is 0 Å². The largest absolute Gasteiger partial charge is 0.309 e. The van der Waals surface area contributed by atoms with Crippen LogP contribution in [0.3, 0.4) is 0 Å². The molecule has 0 aliphatic heterocycles. The number of nitrogens with one attached hydrogen (secondary N) is 1. The molecule has 0 aromatic heterocycles. The summed E-state index contributed by atoms with van der Waals surface area (Å²) in [5.74, 6) is 0. The second-order valence-corrected chi connectivity index (χ2v) is 6.44. The second-order valence-electron chi connectivity index (χ2n) is 5.16. The van der Waals surface area contributed by atoms with Crippen molar-refractivity contribution in [1.29, 1.82) is 0 Å². The minimum Gasteiger partial charge on any atom is -0.309 e. The van der Waals surface area contributed by atoms with Crippen molar-refractivity contribution in [1.82, 2.24) is 5.32 Å². The first-order chi connectivity index (χ1) is 9.70. The Labute approximate surface area is 126 Å². The maximum absolute atomic E-state index is 3.59. The molecular formula is C18H23NS. The molecule has 0 bridgehead atoms. The van der Waals surface area contributed by atoms with Gasteiger partial charge in [0.1, 0.15) is 0 Å². The number of benzene rings is 2. The Morgan fingerprint density at radius 3 is 2.10 bits per heavy atom. The minimum absolute atomic E-state index is 0.398. The SMILES string of the molecule is CSC(C)CNC(C)c1ccc(-c2ccccc2)cc1. The van der Waals surface area contributed by atoms with Crippen LogP contribution in [0.25, 0.3) is 11.1 Å². The lowest BCUT2D eigenvalue weighted by molar-refractivity contribution is 0.576. The fraction of sp³-hybridized carbons (Fsp3) is 0.333. The van der Waals surface area contributed by atoms with Gasteiger partial charge in [0.15, 0.2) is 0 Å². The van der Waals surface area contributed by atoms with Gasteiger partial charge in [0, 0.05) is 17.8 Å². The third kappa shape index (κ3) is 4.12. The van der Waals surface area contributed by atoms with Gasteiger partial charge < -0.3 is 5.32 Å². The lowest BCUT2D eigenvalue weighted by atomic mass is 10.0. The zero-order chi connectivity index (χ0) is 14.4. The molecular weight excluding hydrogens is 262 g/mol. The highest BCUT2D eigenvalue weighted by atomic mass is 32.2. The van der Waals surface area contributed by atoms with Crippen LogP contribution in [-0.4, -0.2) is 18.1 Å². The molecule has 0 saturated heterocycles. The highest BCUT2D eigenvalue weighted by Gasteiger charge is 2.07. The standard InChI is InChI=1S/C18H23NS/c1-14(20-3)13-19-15(2)16-9-11-18(12-10-16)17-7-5-4-6-8-17/h4-12,14-15,19H,13H2,1-3H3.